The highest BCUT2D eigenvalue weighted by Crippen LogP contribution is 2.41. The fraction of sp³-hybridized carbons (Fsp3) is 0. The van der Waals surface area contributed by atoms with Gasteiger partial charge in [0.05, 0.1) is 5.56 Å². The van der Waals surface area contributed by atoms with Crippen molar-refractivity contribution in [3.05, 3.63) is 103 Å². The van der Waals surface area contributed by atoms with Crippen molar-refractivity contribution in [3.63, 3.8) is 0 Å². The van der Waals surface area contributed by atoms with Crippen molar-refractivity contribution < 1.29 is 22.8 Å². The molecule has 0 radical (unpaired) electrons. The molecule has 5 aromatic carbocycles. The second kappa shape index (κ2) is 7.73. The topological polar surface area (TPSA) is 72.8 Å². The number of fused-ring (bicyclic) bond motifs is 7. The maximum absolute atomic E-state index is 11.4. The first kappa shape index (κ1) is 19.5. The van der Waals surface area contributed by atoms with Crippen LogP contribution in [0, 0.1) is 0 Å². The molecule has 160 valence electrons. The van der Waals surface area contributed by atoms with E-state index in [4.69, 9.17) is 12.9 Å². The van der Waals surface area contributed by atoms with E-state index in [0.717, 1.165) is 32.3 Å². The van der Waals surface area contributed by atoms with E-state index in [9.17, 15) is 9.90 Å². The molecule has 0 fully saturated rings. The fourth-order valence-electron chi connectivity index (χ4n) is 4.16. The molecule has 0 saturated heterocycles. The molecule has 5 nitrogen and oxygen atoms in total. The molecule has 1 aromatic heterocycles. The molecular weight excluding hydrogens is 435 g/mol. The van der Waals surface area contributed by atoms with Crippen molar-refractivity contribution in [2.45, 2.75) is 0 Å². The molecule has 0 aliphatic carbocycles. The number of carboxylic acids is 1. The van der Waals surface area contributed by atoms with Crippen molar-refractivity contribution >= 4 is 57.7 Å². The lowest BCUT2D eigenvalue weighted by atomic mass is 9.99. The Morgan fingerprint density at radius 3 is 1.85 bits per heavy atom. The summed E-state index contributed by atoms with van der Waals surface area (Å²) in [6.45, 7) is 0. The van der Waals surface area contributed by atoms with Gasteiger partial charge in [-0.2, -0.15) is 0 Å². The lowest BCUT2D eigenvalue weighted by Gasteiger charge is -2.05. The van der Waals surface area contributed by atoms with Gasteiger partial charge in [-0.25, -0.2) is 4.79 Å². The van der Waals surface area contributed by atoms with Gasteiger partial charge in [0.1, 0.15) is 16.9 Å². The minimum Gasteiger partial charge on any atom is -0.478 e. The van der Waals surface area contributed by atoms with Gasteiger partial charge in [0.15, 0.2) is 0 Å². The van der Waals surface area contributed by atoms with E-state index in [-0.39, 0.29) is 5.56 Å². The highest BCUT2D eigenvalue weighted by atomic mass is 31.1. The number of rotatable bonds is 3. The first-order valence-electron chi connectivity index (χ1n) is 10.4. The summed E-state index contributed by atoms with van der Waals surface area (Å²) in [6.07, 6.45) is 0. The molecule has 0 aliphatic heterocycles. The van der Waals surface area contributed by atoms with Crippen molar-refractivity contribution in [2.75, 3.05) is 0 Å². The Labute approximate surface area is 189 Å². The summed E-state index contributed by atoms with van der Waals surface area (Å²) in [5.41, 5.74) is 1.45. The lowest BCUT2D eigenvalue weighted by Crippen LogP contribution is -1.95. The molecule has 0 unspecified atom stereocenters. The van der Waals surface area contributed by atoms with Crippen LogP contribution in [-0.4, -0.2) is 11.1 Å². The van der Waals surface area contributed by atoms with Gasteiger partial charge in [-0.15, -0.1) is 0 Å². The second-order valence-corrected chi connectivity index (χ2v) is 8.65. The third-order valence-electron chi connectivity index (χ3n) is 5.64. The normalized spacial score (nSPS) is 11.3. The average Bonchev–Trinajstić information content (AvgIpc) is 3.00. The SMILES string of the molecule is O=C(O)c1cccc(Op2oc3ccc4ccccc4c3c3c(ccc4ccccc43)o2)c1. The maximum atomic E-state index is 11.4. The highest BCUT2D eigenvalue weighted by molar-refractivity contribution is 7.32. The van der Waals surface area contributed by atoms with Gasteiger partial charge < -0.3 is 18.0 Å². The number of aromatic carboxylic acids is 1. The number of carboxylic acid groups (broad SMARTS) is 1. The first-order chi connectivity index (χ1) is 16.2. The van der Waals surface area contributed by atoms with Crippen LogP contribution in [0.1, 0.15) is 10.4 Å². The summed E-state index contributed by atoms with van der Waals surface area (Å²) < 4.78 is 18.6. The van der Waals surface area contributed by atoms with E-state index in [1.165, 1.54) is 12.1 Å². The van der Waals surface area contributed by atoms with Gasteiger partial charge in [-0.1, -0.05) is 66.7 Å². The van der Waals surface area contributed by atoms with Crippen LogP contribution in [0.2, 0.25) is 0 Å². The molecule has 0 saturated carbocycles. The standard InChI is InChI=1S/C27H17O5P/c28-27(29)19-8-5-9-20(16-19)30-33-31-23-14-12-17-6-1-3-10-21(17)25(23)26-22-11-4-2-7-18(22)13-15-24(26)32-33/h1-16H,(H,28,29). The van der Waals surface area contributed by atoms with Crippen LogP contribution in [-0.2, 0) is 0 Å². The van der Waals surface area contributed by atoms with Crippen molar-refractivity contribution in [3.8, 4) is 5.75 Å². The molecule has 6 rings (SSSR count). The molecule has 0 spiro atoms. The number of carbonyl (C=O) groups is 1. The van der Waals surface area contributed by atoms with E-state index in [2.05, 4.69) is 24.3 Å². The molecule has 1 N–H and O–H groups in total. The van der Waals surface area contributed by atoms with Crippen molar-refractivity contribution in [1.82, 2.24) is 0 Å². The molecule has 33 heavy (non-hydrogen) atoms. The Morgan fingerprint density at radius 2 is 1.27 bits per heavy atom. The van der Waals surface area contributed by atoms with E-state index < -0.39 is 14.2 Å². The number of benzene rings is 5. The summed E-state index contributed by atoms with van der Waals surface area (Å²) >= 11 is 0. The Bertz CT molecular complexity index is 1640. The minimum absolute atomic E-state index is 0.134. The quantitative estimate of drug-likeness (QED) is 0.293. The van der Waals surface area contributed by atoms with Gasteiger partial charge in [0.25, 0.3) is 0 Å². The van der Waals surface area contributed by atoms with Crippen LogP contribution >= 0.6 is 8.24 Å². The third-order valence-corrected chi connectivity index (χ3v) is 6.69. The zero-order chi connectivity index (χ0) is 22.4. The molecule has 0 atom stereocenters. The fourth-order valence-corrected chi connectivity index (χ4v) is 5.18. The monoisotopic (exact) mass is 452 g/mol. The van der Waals surface area contributed by atoms with Crippen LogP contribution in [0.15, 0.2) is 105 Å². The van der Waals surface area contributed by atoms with Crippen molar-refractivity contribution in [2.24, 2.45) is 0 Å². The molecule has 0 amide bonds. The minimum atomic E-state index is -1.88. The van der Waals surface area contributed by atoms with Gasteiger partial charge in [0.2, 0.25) is 0 Å². The molecule has 6 heteroatoms. The van der Waals surface area contributed by atoms with E-state index >= 15 is 0 Å². The molecular formula is C27H17O5P. The maximum Gasteiger partial charge on any atom is 0.453 e. The zero-order valence-electron chi connectivity index (χ0n) is 17.3. The van der Waals surface area contributed by atoms with Crippen LogP contribution in [0.4, 0.5) is 0 Å². The van der Waals surface area contributed by atoms with Crippen LogP contribution in [0.3, 0.4) is 0 Å². The van der Waals surface area contributed by atoms with E-state index in [1.54, 1.807) is 12.1 Å². The molecule has 0 bridgehead atoms. The van der Waals surface area contributed by atoms with Crippen LogP contribution in [0.25, 0.3) is 43.5 Å². The Kier molecular flexibility index (Phi) is 4.56. The molecule has 1 heterocycles. The predicted octanol–water partition coefficient (Wildman–Crippen LogP) is 8.14. The van der Waals surface area contributed by atoms with Crippen LogP contribution in [0.5, 0.6) is 5.75 Å². The predicted molar refractivity (Wildman–Crippen MR) is 131 cm³/mol. The molecule has 0 aliphatic rings. The van der Waals surface area contributed by atoms with Gasteiger partial charge >= 0.3 is 14.2 Å². The summed E-state index contributed by atoms with van der Waals surface area (Å²) in [7, 11) is -1.88. The largest absolute Gasteiger partial charge is 0.478 e. The van der Waals surface area contributed by atoms with Crippen LogP contribution < -0.4 is 4.52 Å². The van der Waals surface area contributed by atoms with Gasteiger partial charge in [-0.05, 0) is 51.9 Å². The second-order valence-electron chi connectivity index (χ2n) is 7.65. The summed E-state index contributed by atoms with van der Waals surface area (Å²) in [6, 6.07) is 30.5. The zero-order valence-corrected chi connectivity index (χ0v) is 18.2. The van der Waals surface area contributed by atoms with E-state index in [1.807, 2.05) is 48.5 Å². The number of hydrogen-bond acceptors (Lipinski definition) is 4. The summed E-state index contributed by atoms with van der Waals surface area (Å²) in [5.74, 6) is -0.655. The lowest BCUT2D eigenvalue weighted by molar-refractivity contribution is 0.0696. The smallest absolute Gasteiger partial charge is 0.453 e. The third kappa shape index (κ3) is 3.39. The number of hydrogen-bond donors (Lipinski definition) is 1. The Hall–Kier alpha value is -4.21. The first-order valence-corrected chi connectivity index (χ1v) is 11.5. The summed E-state index contributed by atoms with van der Waals surface area (Å²) in [4.78, 5) is 11.4. The van der Waals surface area contributed by atoms with E-state index in [0.29, 0.717) is 16.9 Å². The highest BCUT2D eigenvalue weighted by Gasteiger charge is 2.14. The Morgan fingerprint density at radius 1 is 0.697 bits per heavy atom. The van der Waals surface area contributed by atoms with Crippen molar-refractivity contribution in [1.29, 1.82) is 0 Å². The average molecular weight is 452 g/mol. The summed E-state index contributed by atoms with van der Waals surface area (Å²) in [5, 5.41) is 15.5. The van der Waals surface area contributed by atoms with Gasteiger partial charge in [-0.3, -0.25) is 0 Å². The van der Waals surface area contributed by atoms with Gasteiger partial charge in [0, 0.05) is 10.8 Å². The molecule has 6 aromatic rings. The Balaban J connectivity index is 1.71.